The van der Waals surface area contributed by atoms with Crippen molar-refractivity contribution in [2.45, 2.75) is 33.0 Å². The van der Waals surface area contributed by atoms with Crippen LogP contribution in [0.2, 0.25) is 0 Å². The molecular weight excluding hydrogens is 393 g/mol. The Morgan fingerprint density at radius 3 is 2.25 bits per heavy atom. The molecule has 1 N–H and O–H groups in total. The van der Waals surface area contributed by atoms with E-state index in [1.807, 2.05) is 13.8 Å². The molecule has 0 spiro atoms. The molecule has 0 heterocycles. The Morgan fingerprint density at radius 1 is 1.07 bits per heavy atom. The van der Waals surface area contributed by atoms with Crippen LogP contribution in [0.25, 0.3) is 0 Å². The van der Waals surface area contributed by atoms with Crippen LogP contribution >= 0.6 is 0 Å². The summed E-state index contributed by atoms with van der Waals surface area (Å²) in [6.07, 6.45) is -3.58. The van der Waals surface area contributed by atoms with E-state index in [9.17, 15) is 26.4 Å². The van der Waals surface area contributed by atoms with Gasteiger partial charge >= 0.3 is 6.18 Å². The van der Waals surface area contributed by atoms with E-state index in [2.05, 4.69) is 5.32 Å². The summed E-state index contributed by atoms with van der Waals surface area (Å²) in [7, 11) is -3.82. The van der Waals surface area contributed by atoms with E-state index in [0.29, 0.717) is 5.69 Å². The predicted octanol–water partition coefficient (Wildman–Crippen LogP) is 4.12. The molecule has 0 saturated heterocycles. The van der Waals surface area contributed by atoms with Gasteiger partial charge in [0.1, 0.15) is 6.04 Å². The first-order valence-electron chi connectivity index (χ1n) is 8.35. The van der Waals surface area contributed by atoms with Gasteiger partial charge in [-0.1, -0.05) is 12.1 Å². The first-order valence-corrected chi connectivity index (χ1v) is 10.2. The monoisotopic (exact) mass is 414 g/mol. The molecule has 152 valence electrons. The van der Waals surface area contributed by atoms with E-state index in [1.165, 1.54) is 19.1 Å². The maximum Gasteiger partial charge on any atom is 0.416 e. The third-order valence-corrected chi connectivity index (χ3v) is 5.53. The lowest BCUT2D eigenvalue weighted by Crippen LogP contribution is -2.45. The highest BCUT2D eigenvalue weighted by atomic mass is 32.2. The van der Waals surface area contributed by atoms with Crippen LogP contribution in [0.5, 0.6) is 0 Å². The van der Waals surface area contributed by atoms with Gasteiger partial charge in [0, 0.05) is 5.69 Å². The minimum Gasteiger partial charge on any atom is -0.324 e. The fourth-order valence-electron chi connectivity index (χ4n) is 2.69. The second-order valence-corrected chi connectivity index (χ2v) is 8.43. The number of hydrogen-bond donors (Lipinski definition) is 1. The number of anilines is 2. The Morgan fingerprint density at radius 2 is 1.71 bits per heavy atom. The SMILES string of the molecule is Cc1ccc(N(C(C)C(=O)Nc2cccc(C(F)(F)F)c2)S(C)(=O)=O)cc1C. The summed E-state index contributed by atoms with van der Waals surface area (Å²) in [6.45, 7) is 5.06. The van der Waals surface area contributed by atoms with E-state index < -0.39 is 33.7 Å². The Hall–Kier alpha value is -2.55. The summed E-state index contributed by atoms with van der Waals surface area (Å²) in [6, 6.07) is 7.94. The third-order valence-electron chi connectivity index (χ3n) is 4.29. The molecule has 2 aromatic rings. The normalized spacial score (nSPS) is 13.1. The zero-order chi connectivity index (χ0) is 21.3. The number of benzene rings is 2. The Bertz CT molecular complexity index is 988. The Kier molecular flexibility index (Phi) is 6.08. The van der Waals surface area contributed by atoms with Gasteiger partial charge < -0.3 is 5.32 Å². The van der Waals surface area contributed by atoms with Crippen molar-refractivity contribution in [1.29, 1.82) is 0 Å². The lowest BCUT2D eigenvalue weighted by Gasteiger charge is -2.28. The summed E-state index contributed by atoms with van der Waals surface area (Å²) >= 11 is 0. The van der Waals surface area contributed by atoms with Crippen molar-refractivity contribution in [1.82, 2.24) is 0 Å². The third kappa shape index (κ3) is 5.03. The largest absolute Gasteiger partial charge is 0.416 e. The van der Waals surface area contributed by atoms with Crippen LogP contribution in [0.15, 0.2) is 42.5 Å². The van der Waals surface area contributed by atoms with E-state index in [1.54, 1.807) is 18.2 Å². The molecule has 1 unspecified atom stereocenters. The quantitative estimate of drug-likeness (QED) is 0.801. The van der Waals surface area contributed by atoms with Crippen molar-refractivity contribution in [2.75, 3.05) is 15.9 Å². The number of hydrogen-bond acceptors (Lipinski definition) is 3. The molecule has 0 aromatic heterocycles. The van der Waals surface area contributed by atoms with E-state index in [-0.39, 0.29) is 5.69 Å². The number of carbonyl (C=O) groups is 1. The van der Waals surface area contributed by atoms with E-state index in [4.69, 9.17) is 0 Å². The topological polar surface area (TPSA) is 66.5 Å². The summed E-state index contributed by atoms with van der Waals surface area (Å²) in [4.78, 5) is 12.6. The number of sulfonamides is 1. The van der Waals surface area contributed by atoms with Crippen LogP contribution in [-0.4, -0.2) is 26.6 Å². The average molecular weight is 414 g/mol. The first-order chi connectivity index (χ1) is 12.8. The van der Waals surface area contributed by atoms with Crippen LogP contribution in [0.3, 0.4) is 0 Å². The number of alkyl halides is 3. The number of amides is 1. The van der Waals surface area contributed by atoms with Crippen molar-refractivity contribution >= 4 is 27.3 Å². The van der Waals surface area contributed by atoms with Gasteiger partial charge in [-0.15, -0.1) is 0 Å². The summed E-state index contributed by atoms with van der Waals surface area (Å²) in [5, 5.41) is 2.36. The molecule has 0 saturated carbocycles. The minimum absolute atomic E-state index is 0.0692. The van der Waals surface area contributed by atoms with E-state index >= 15 is 0 Å². The molecule has 1 amide bonds. The van der Waals surface area contributed by atoms with Crippen molar-refractivity contribution in [2.24, 2.45) is 0 Å². The van der Waals surface area contributed by atoms with Gasteiger partial charge in [0.15, 0.2) is 0 Å². The molecule has 1 atom stereocenters. The lowest BCUT2D eigenvalue weighted by atomic mass is 10.1. The molecule has 0 bridgehead atoms. The van der Waals surface area contributed by atoms with Gasteiger partial charge in [0.05, 0.1) is 17.5 Å². The molecule has 0 aliphatic rings. The van der Waals surface area contributed by atoms with Gasteiger partial charge in [-0.05, 0) is 62.2 Å². The number of halogens is 3. The van der Waals surface area contributed by atoms with Gasteiger partial charge in [-0.2, -0.15) is 13.2 Å². The van der Waals surface area contributed by atoms with Gasteiger partial charge in [-0.3, -0.25) is 9.10 Å². The molecule has 2 rings (SSSR count). The van der Waals surface area contributed by atoms with Crippen molar-refractivity contribution in [3.8, 4) is 0 Å². The smallest absolute Gasteiger partial charge is 0.324 e. The van der Waals surface area contributed by atoms with Gasteiger partial charge in [0.2, 0.25) is 15.9 Å². The highest BCUT2D eigenvalue weighted by Crippen LogP contribution is 2.31. The van der Waals surface area contributed by atoms with Crippen molar-refractivity contribution < 1.29 is 26.4 Å². The predicted molar refractivity (Wildman–Crippen MR) is 103 cm³/mol. The zero-order valence-electron chi connectivity index (χ0n) is 15.8. The molecular formula is C19H21F3N2O3S. The van der Waals surface area contributed by atoms with Crippen LogP contribution < -0.4 is 9.62 Å². The lowest BCUT2D eigenvalue weighted by molar-refractivity contribution is -0.137. The fourth-order valence-corrected chi connectivity index (χ4v) is 3.86. The van der Waals surface area contributed by atoms with E-state index in [0.717, 1.165) is 33.8 Å². The molecule has 0 radical (unpaired) electrons. The molecule has 2 aromatic carbocycles. The highest BCUT2D eigenvalue weighted by Gasteiger charge is 2.32. The number of nitrogens with zero attached hydrogens (tertiary/aromatic N) is 1. The highest BCUT2D eigenvalue weighted by molar-refractivity contribution is 7.92. The summed E-state index contributed by atoms with van der Waals surface area (Å²) < 4.78 is 64.1. The fraction of sp³-hybridized carbons (Fsp3) is 0.316. The van der Waals surface area contributed by atoms with Crippen molar-refractivity contribution in [3.05, 3.63) is 59.2 Å². The maximum atomic E-state index is 12.8. The number of carbonyl (C=O) groups excluding carboxylic acids is 1. The zero-order valence-corrected chi connectivity index (χ0v) is 16.6. The first kappa shape index (κ1) is 21.7. The number of rotatable bonds is 5. The second kappa shape index (κ2) is 7.83. The summed E-state index contributed by atoms with van der Waals surface area (Å²) in [5.41, 5.74) is 1.12. The molecule has 0 fully saturated rings. The van der Waals surface area contributed by atoms with Crippen LogP contribution in [0.4, 0.5) is 24.5 Å². The maximum absolute atomic E-state index is 12.8. The molecule has 5 nitrogen and oxygen atoms in total. The molecule has 28 heavy (non-hydrogen) atoms. The average Bonchev–Trinajstić information content (AvgIpc) is 2.56. The number of aryl methyl sites for hydroxylation is 2. The standard InChI is InChI=1S/C19H21F3N2O3S/c1-12-8-9-17(10-13(12)2)24(28(4,26)27)14(3)18(25)23-16-7-5-6-15(11-16)19(20,21)22/h5-11,14H,1-4H3,(H,23,25). The minimum atomic E-state index is -4.55. The van der Waals surface area contributed by atoms with Crippen LogP contribution in [-0.2, 0) is 21.0 Å². The number of nitrogens with one attached hydrogen (secondary N) is 1. The Balaban J connectivity index is 2.33. The molecule has 9 heteroatoms. The van der Waals surface area contributed by atoms with Crippen LogP contribution in [0.1, 0.15) is 23.6 Å². The van der Waals surface area contributed by atoms with Crippen LogP contribution in [0, 0.1) is 13.8 Å². The molecule has 0 aliphatic heterocycles. The van der Waals surface area contributed by atoms with Gasteiger partial charge in [-0.25, -0.2) is 8.42 Å². The molecule has 0 aliphatic carbocycles. The Labute approximate surface area is 162 Å². The van der Waals surface area contributed by atoms with Crippen molar-refractivity contribution in [3.63, 3.8) is 0 Å². The second-order valence-electron chi connectivity index (χ2n) is 6.57. The van der Waals surface area contributed by atoms with Gasteiger partial charge in [0.25, 0.3) is 0 Å². The summed E-state index contributed by atoms with van der Waals surface area (Å²) in [5.74, 6) is -0.747.